The monoisotopic (exact) mass is 158 g/mol. The van der Waals surface area contributed by atoms with Crippen molar-refractivity contribution >= 4 is 17.3 Å². The summed E-state index contributed by atoms with van der Waals surface area (Å²) in [6.45, 7) is 0. The molecule has 0 spiro atoms. The first-order valence-electron chi connectivity index (χ1n) is 2.70. The highest BCUT2D eigenvalue weighted by molar-refractivity contribution is 6.34. The Hall–Kier alpha value is -0.930. The molecule has 0 aliphatic rings. The molecule has 10 heavy (non-hydrogen) atoms. The summed E-state index contributed by atoms with van der Waals surface area (Å²) in [5.74, 6) is 5.10. The van der Waals surface area contributed by atoms with Gasteiger partial charge >= 0.3 is 0 Å². The molecule has 0 bridgehead atoms. The Labute approximate surface area is 63.4 Å². The van der Waals surface area contributed by atoms with E-state index in [1.165, 1.54) is 6.07 Å². The van der Waals surface area contributed by atoms with Crippen LogP contribution in [-0.4, -0.2) is 5.11 Å². The summed E-state index contributed by atoms with van der Waals surface area (Å²) in [6, 6.07) is 4.81. The van der Waals surface area contributed by atoms with Crippen molar-refractivity contribution in [2.24, 2.45) is 5.84 Å². The Morgan fingerprint density at radius 2 is 2.20 bits per heavy atom. The van der Waals surface area contributed by atoms with Gasteiger partial charge in [0.25, 0.3) is 0 Å². The van der Waals surface area contributed by atoms with Crippen LogP contribution in [0.15, 0.2) is 18.2 Å². The van der Waals surface area contributed by atoms with Crippen LogP contribution in [0.2, 0.25) is 5.02 Å². The quantitative estimate of drug-likeness (QED) is 0.427. The number of phenolic OH excluding ortho intramolecular Hbond substituents is 1. The Balaban J connectivity index is 3.14. The first-order chi connectivity index (χ1) is 4.75. The van der Waals surface area contributed by atoms with Gasteiger partial charge in [0.05, 0.1) is 5.69 Å². The molecule has 3 nitrogen and oxygen atoms in total. The summed E-state index contributed by atoms with van der Waals surface area (Å²) in [4.78, 5) is 0. The minimum Gasteiger partial charge on any atom is -0.506 e. The van der Waals surface area contributed by atoms with Crippen LogP contribution in [0.4, 0.5) is 5.69 Å². The molecule has 0 aliphatic carbocycles. The third-order valence-electron chi connectivity index (χ3n) is 1.13. The van der Waals surface area contributed by atoms with Crippen molar-refractivity contribution in [1.82, 2.24) is 0 Å². The van der Waals surface area contributed by atoms with E-state index in [4.69, 9.17) is 22.6 Å². The molecule has 1 aromatic carbocycles. The van der Waals surface area contributed by atoms with E-state index >= 15 is 0 Å². The lowest BCUT2D eigenvalue weighted by molar-refractivity contribution is 0.476. The van der Waals surface area contributed by atoms with Gasteiger partial charge in [-0.15, -0.1) is 0 Å². The van der Waals surface area contributed by atoms with Crippen LogP contribution in [-0.2, 0) is 0 Å². The molecule has 4 N–H and O–H groups in total. The maximum absolute atomic E-state index is 9.00. The van der Waals surface area contributed by atoms with Crippen molar-refractivity contribution in [2.75, 3.05) is 5.43 Å². The third-order valence-corrected chi connectivity index (χ3v) is 1.53. The van der Waals surface area contributed by atoms with Crippen molar-refractivity contribution in [3.63, 3.8) is 0 Å². The van der Waals surface area contributed by atoms with Crippen LogP contribution in [0.3, 0.4) is 0 Å². The molecule has 0 saturated heterocycles. The molecule has 0 atom stereocenters. The SMILES string of the molecule is NNc1cccc(O)c1Cl. The first kappa shape index (κ1) is 7.18. The number of aromatic hydroxyl groups is 1. The second-order valence-corrected chi connectivity index (χ2v) is 2.16. The number of anilines is 1. The lowest BCUT2D eigenvalue weighted by Crippen LogP contribution is -2.06. The van der Waals surface area contributed by atoms with E-state index in [0.29, 0.717) is 5.69 Å². The largest absolute Gasteiger partial charge is 0.506 e. The van der Waals surface area contributed by atoms with Crippen LogP contribution in [0.25, 0.3) is 0 Å². The average Bonchev–Trinajstić information content (AvgIpc) is 1.95. The Morgan fingerprint density at radius 3 is 2.70 bits per heavy atom. The van der Waals surface area contributed by atoms with Crippen LogP contribution >= 0.6 is 11.6 Å². The first-order valence-corrected chi connectivity index (χ1v) is 3.07. The summed E-state index contributed by atoms with van der Waals surface area (Å²) in [5.41, 5.74) is 2.86. The highest BCUT2D eigenvalue weighted by Crippen LogP contribution is 2.29. The van der Waals surface area contributed by atoms with Crippen LogP contribution in [0, 0.1) is 0 Å². The van der Waals surface area contributed by atoms with Crippen molar-refractivity contribution in [2.45, 2.75) is 0 Å². The molecule has 0 radical (unpaired) electrons. The van der Waals surface area contributed by atoms with Gasteiger partial charge in [-0.1, -0.05) is 17.7 Å². The van der Waals surface area contributed by atoms with Gasteiger partial charge in [0, 0.05) is 0 Å². The Morgan fingerprint density at radius 1 is 1.50 bits per heavy atom. The summed E-state index contributed by atoms with van der Waals surface area (Å²) in [5, 5.41) is 9.24. The summed E-state index contributed by atoms with van der Waals surface area (Å²) in [7, 11) is 0. The smallest absolute Gasteiger partial charge is 0.136 e. The van der Waals surface area contributed by atoms with Gasteiger partial charge in [-0.25, -0.2) is 0 Å². The summed E-state index contributed by atoms with van der Waals surface area (Å²) in [6.07, 6.45) is 0. The molecule has 54 valence electrons. The fourth-order valence-electron chi connectivity index (χ4n) is 0.631. The molecule has 0 aromatic heterocycles. The van der Waals surface area contributed by atoms with Crippen LogP contribution in [0.5, 0.6) is 5.75 Å². The number of benzene rings is 1. The second-order valence-electron chi connectivity index (χ2n) is 1.78. The van der Waals surface area contributed by atoms with Crippen molar-refractivity contribution in [3.05, 3.63) is 23.2 Å². The number of rotatable bonds is 1. The number of nitrogens with two attached hydrogens (primary N) is 1. The highest BCUT2D eigenvalue weighted by Gasteiger charge is 2.00. The number of hydrogen-bond donors (Lipinski definition) is 3. The van der Waals surface area contributed by atoms with Crippen molar-refractivity contribution < 1.29 is 5.11 Å². The predicted octanol–water partition coefficient (Wildman–Crippen LogP) is 1.33. The van der Waals surface area contributed by atoms with Gasteiger partial charge in [-0.05, 0) is 12.1 Å². The van der Waals surface area contributed by atoms with Crippen LogP contribution < -0.4 is 11.3 Å². The maximum Gasteiger partial charge on any atom is 0.136 e. The number of halogens is 1. The minimum absolute atomic E-state index is 0.0251. The number of nitrogens with one attached hydrogen (secondary N) is 1. The molecule has 1 aromatic rings. The van der Waals surface area contributed by atoms with Crippen molar-refractivity contribution in [1.29, 1.82) is 0 Å². The minimum atomic E-state index is 0.0251. The topological polar surface area (TPSA) is 58.3 Å². The van der Waals surface area contributed by atoms with Gasteiger partial charge in [-0.2, -0.15) is 0 Å². The lowest BCUT2D eigenvalue weighted by atomic mass is 10.3. The van der Waals surface area contributed by atoms with E-state index in [0.717, 1.165) is 0 Å². The molecule has 4 heteroatoms. The Kier molecular flexibility index (Phi) is 1.99. The second kappa shape index (κ2) is 2.77. The van der Waals surface area contributed by atoms with Crippen molar-refractivity contribution in [3.8, 4) is 5.75 Å². The number of phenols is 1. The normalized spacial score (nSPS) is 9.40. The zero-order valence-corrected chi connectivity index (χ0v) is 5.89. The highest BCUT2D eigenvalue weighted by atomic mass is 35.5. The third kappa shape index (κ3) is 1.15. The number of nitrogen functional groups attached to an aromatic ring is 1. The van der Waals surface area contributed by atoms with Gasteiger partial charge in [0.2, 0.25) is 0 Å². The van der Waals surface area contributed by atoms with Gasteiger partial charge in [0.15, 0.2) is 0 Å². The fraction of sp³-hybridized carbons (Fsp3) is 0. The summed E-state index contributed by atoms with van der Waals surface area (Å²) < 4.78 is 0. The zero-order valence-electron chi connectivity index (χ0n) is 5.13. The number of hydrazine groups is 1. The van der Waals surface area contributed by atoms with Gasteiger partial charge in [0.1, 0.15) is 10.8 Å². The molecule has 0 amide bonds. The van der Waals surface area contributed by atoms with Gasteiger partial charge < -0.3 is 10.5 Å². The zero-order chi connectivity index (χ0) is 7.56. The molecular formula is C6H7ClN2O. The van der Waals surface area contributed by atoms with E-state index in [1.54, 1.807) is 12.1 Å². The van der Waals surface area contributed by atoms with E-state index in [1.807, 2.05) is 0 Å². The predicted molar refractivity (Wildman–Crippen MR) is 40.9 cm³/mol. The van der Waals surface area contributed by atoms with E-state index in [2.05, 4.69) is 5.43 Å². The number of hydrogen-bond acceptors (Lipinski definition) is 3. The Bertz CT molecular complexity index is 239. The molecule has 0 heterocycles. The molecule has 0 aliphatic heterocycles. The molecule has 0 saturated carbocycles. The van der Waals surface area contributed by atoms with Crippen LogP contribution in [0.1, 0.15) is 0 Å². The molecule has 1 rings (SSSR count). The molecule has 0 fully saturated rings. The standard InChI is InChI=1S/C6H7ClN2O/c7-6-4(9-8)2-1-3-5(6)10/h1-3,9-10H,8H2. The van der Waals surface area contributed by atoms with E-state index in [9.17, 15) is 0 Å². The fourth-order valence-corrected chi connectivity index (χ4v) is 0.812. The lowest BCUT2D eigenvalue weighted by Gasteiger charge is -2.02. The molecule has 0 unspecified atom stereocenters. The average molecular weight is 159 g/mol. The maximum atomic E-state index is 9.00. The summed E-state index contributed by atoms with van der Waals surface area (Å²) >= 11 is 5.60. The van der Waals surface area contributed by atoms with E-state index < -0.39 is 0 Å². The molecular weight excluding hydrogens is 152 g/mol. The van der Waals surface area contributed by atoms with E-state index in [-0.39, 0.29) is 10.8 Å². The van der Waals surface area contributed by atoms with Gasteiger partial charge in [-0.3, -0.25) is 5.84 Å².